The molecule has 0 heterocycles. The normalized spacial score (nSPS) is 11.4. The summed E-state index contributed by atoms with van der Waals surface area (Å²) in [4.78, 5) is 0. The third kappa shape index (κ3) is 4.03. The van der Waals surface area contributed by atoms with E-state index in [1.807, 2.05) is 0 Å². The Bertz CT molecular complexity index is 913. The van der Waals surface area contributed by atoms with E-state index in [9.17, 15) is 0 Å². The van der Waals surface area contributed by atoms with Gasteiger partial charge in [-0.1, -0.05) is 150 Å². The van der Waals surface area contributed by atoms with Gasteiger partial charge in [0.25, 0.3) is 0 Å². The van der Waals surface area contributed by atoms with E-state index in [2.05, 4.69) is 152 Å². The Hall–Kier alpha value is -1.62. The minimum atomic E-state index is -1.34. The van der Waals surface area contributed by atoms with Crippen LogP contribution in [0.25, 0.3) is 0 Å². The summed E-state index contributed by atoms with van der Waals surface area (Å²) in [6.07, 6.45) is -1.34. The van der Waals surface area contributed by atoms with Crippen LogP contribution in [0.5, 0.6) is 0 Å². The fourth-order valence-electron chi connectivity index (χ4n) is 4.26. The molecule has 0 fully saturated rings. The van der Waals surface area contributed by atoms with Crippen LogP contribution in [0.15, 0.2) is 110 Å². The molecule has 0 saturated heterocycles. The first-order valence-electron chi connectivity index (χ1n) is 9.51. The fraction of sp³-hybridized carbons (Fsp3) is 0.0400. The molecular weight excluding hydrogens is 551 g/mol. The summed E-state index contributed by atoms with van der Waals surface area (Å²) in [6, 6.07) is 35.3. The van der Waals surface area contributed by atoms with Gasteiger partial charge >= 0.3 is 0 Å². The molecule has 0 unspecified atom stereocenters. The molecule has 0 aromatic heterocycles. The Kier molecular flexibility index (Phi) is 6.15. The van der Waals surface area contributed by atoms with E-state index in [0.29, 0.717) is 0 Å². The molecule has 29 heavy (non-hydrogen) atoms. The number of hydrogen-bond donors (Lipinski definition) is 0. The van der Waals surface area contributed by atoms with E-state index in [1.165, 1.54) is 27.4 Å². The maximum Gasteiger partial charge on any atom is 0.108 e. The summed E-state index contributed by atoms with van der Waals surface area (Å²) in [5.41, 5.74) is 6.45. The average Bonchev–Trinajstić information content (AvgIpc) is 2.73. The lowest BCUT2D eigenvalue weighted by molar-refractivity contribution is 1.48. The zero-order valence-corrected chi connectivity index (χ0v) is 20.7. The number of benzene rings is 4. The maximum atomic E-state index is 3.60. The van der Waals surface area contributed by atoms with Gasteiger partial charge in [-0.2, -0.15) is 21.9 Å². The van der Waals surface area contributed by atoms with Crippen LogP contribution in [-0.2, 0) is 0 Å². The predicted molar refractivity (Wildman–Crippen MR) is 138 cm³/mol. The Morgan fingerprint density at radius 2 is 0.655 bits per heavy atom. The molecule has 4 aromatic carbocycles. The highest BCUT2D eigenvalue weighted by molar-refractivity contribution is 9.11. The molecule has 0 nitrogen and oxygen atoms in total. The Labute approximate surface area is 197 Å². The van der Waals surface area contributed by atoms with Crippen LogP contribution >= 0.6 is 47.8 Å². The number of aryl methyl sites for hydroxylation is 1. The largest absolute Gasteiger partial charge is 0.195 e. The molecule has 144 valence electrons. The maximum absolute atomic E-state index is 3.60. The van der Waals surface area contributed by atoms with Crippen LogP contribution in [0.4, 0.5) is 0 Å². The fourth-order valence-corrected chi connectivity index (χ4v) is 5.06. The Balaban J connectivity index is 2.11. The quantitative estimate of drug-likeness (QED) is 0.278. The molecule has 0 N–H and O–H groups in total. The summed E-state index contributed by atoms with van der Waals surface area (Å²) < 4.78 is 3.25. The smallest absolute Gasteiger partial charge is 0.108 e. The molecule has 0 aliphatic carbocycles. The molecule has 4 aromatic rings. The third-order valence-electron chi connectivity index (χ3n) is 5.69. The van der Waals surface area contributed by atoms with Crippen LogP contribution in [-0.4, -0.2) is 6.15 Å². The van der Waals surface area contributed by atoms with E-state index in [1.54, 1.807) is 0 Å². The van der Waals surface area contributed by atoms with E-state index in [-0.39, 0.29) is 0 Å². The van der Waals surface area contributed by atoms with Crippen molar-refractivity contribution in [3.05, 3.63) is 116 Å². The van der Waals surface area contributed by atoms with Gasteiger partial charge in [-0.3, -0.25) is 0 Å². The third-order valence-corrected chi connectivity index (χ3v) is 7.27. The first kappa shape index (κ1) is 20.6. The summed E-state index contributed by atoms with van der Waals surface area (Å²) in [6.45, 7) is 2.14. The van der Waals surface area contributed by atoms with Gasteiger partial charge in [-0.25, -0.2) is 0 Å². The second kappa shape index (κ2) is 8.63. The molecule has 0 saturated carbocycles. The van der Waals surface area contributed by atoms with Crippen molar-refractivity contribution in [2.75, 3.05) is 0 Å². The summed E-state index contributed by atoms with van der Waals surface area (Å²) >= 11 is 10.8. The number of hydrogen-bond acceptors (Lipinski definition) is 0. The van der Waals surface area contributed by atoms with Crippen molar-refractivity contribution in [1.82, 2.24) is 0 Å². The molecule has 0 aliphatic heterocycles. The zero-order chi connectivity index (χ0) is 20.4. The summed E-state index contributed by atoms with van der Waals surface area (Å²) in [5.74, 6) is 0. The van der Waals surface area contributed by atoms with Gasteiger partial charge < -0.3 is 0 Å². The molecule has 0 spiro atoms. The highest BCUT2D eigenvalue weighted by atomic mass is 79.9. The SMILES string of the molecule is Cc1ccc([B-](c2ccc(Br)cc2)(c2ccc(Br)cc2)c2ccc(Br)cc2)cc1. The monoisotopic (exact) mass is 567 g/mol. The lowest BCUT2D eigenvalue weighted by atomic mass is 9.13. The molecule has 0 atom stereocenters. The van der Waals surface area contributed by atoms with Crippen molar-refractivity contribution < 1.29 is 0 Å². The minimum absolute atomic E-state index is 1.08. The first-order chi connectivity index (χ1) is 14.0. The van der Waals surface area contributed by atoms with Gasteiger partial charge in [0.05, 0.1) is 0 Å². The molecule has 0 radical (unpaired) electrons. The standard InChI is InChI=1S/C25H19BBr3/c1-18-2-4-19(5-3-18)26(20-6-12-23(27)13-7-20,21-8-14-24(28)15-9-21)22-10-16-25(29)17-11-22/h2-17H,1H3/q-1. The lowest BCUT2D eigenvalue weighted by Gasteiger charge is -2.44. The summed E-state index contributed by atoms with van der Waals surface area (Å²) in [5, 5.41) is 0. The van der Waals surface area contributed by atoms with Gasteiger partial charge in [0, 0.05) is 13.4 Å². The van der Waals surface area contributed by atoms with Crippen LogP contribution in [0.2, 0.25) is 0 Å². The van der Waals surface area contributed by atoms with Crippen molar-refractivity contribution in [3.8, 4) is 0 Å². The highest BCUT2D eigenvalue weighted by Crippen LogP contribution is 2.16. The van der Waals surface area contributed by atoms with Crippen molar-refractivity contribution in [2.24, 2.45) is 0 Å². The Morgan fingerprint density at radius 3 is 0.931 bits per heavy atom. The van der Waals surface area contributed by atoms with Crippen molar-refractivity contribution in [1.29, 1.82) is 0 Å². The second-order valence-corrected chi connectivity index (χ2v) is 10.2. The van der Waals surface area contributed by atoms with Crippen molar-refractivity contribution in [2.45, 2.75) is 6.92 Å². The predicted octanol–water partition coefficient (Wildman–Crippen LogP) is 5.66. The van der Waals surface area contributed by atoms with Crippen LogP contribution < -0.4 is 21.9 Å². The second-order valence-electron chi connectivity index (χ2n) is 7.43. The van der Waals surface area contributed by atoms with E-state index in [0.717, 1.165) is 13.4 Å². The summed E-state index contributed by atoms with van der Waals surface area (Å²) in [7, 11) is 0. The average molecular weight is 570 g/mol. The van der Waals surface area contributed by atoms with Crippen molar-refractivity contribution >= 4 is 75.8 Å². The zero-order valence-electron chi connectivity index (χ0n) is 15.9. The molecule has 0 amide bonds. The molecule has 0 aliphatic rings. The number of halogens is 3. The molecular formula is C25H19BBr3-. The molecule has 4 rings (SSSR count). The van der Waals surface area contributed by atoms with Crippen LogP contribution in [0.1, 0.15) is 5.56 Å². The van der Waals surface area contributed by atoms with Gasteiger partial charge in [-0.15, -0.1) is 0 Å². The first-order valence-corrected chi connectivity index (χ1v) is 11.9. The molecule has 4 heteroatoms. The highest BCUT2D eigenvalue weighted by Gasteiger charge is 2.31. The van der Waals surface area contributed by atoms with Gasteiger partial charge in [0.15, 0.2) is 0 Å². The van der Waals surface area contributed by atoms with Gasteiger partial charge in [-0.05, 0) is 6.92 Å². The van der Waals surface area contributed by atoms with Gasteiger partial charge in [0.2, 0.25) is 0 Å². The molecule has 0 bridgehead atoms. The minimum Gasteiger partial charge on any atom is -0.195 e. The van der Waals surface area contributed by atoms with Crippen molar-refractivity contribution in [3.63, 3.8) is 0 Å². The van der Waals surface area contributed by atoms with E-state index in [4.69, 9.17) is 0 Å². The number of rotatable bonds is 4. The van der Waals surface area contributed by atoms with E-state index >= 15 is 0 Å². The Morgan fingerprint density at radius 1 is 0.414 bits per heavy atom. The topological polar surface area (TPSA) is 0 Å². The van der Waals surface area contributed by atoms with Crippen LogP contribution in [0, 0.1) is 6.92 Å². The van der Waals surface area contributed by atoms with Crippen LogP contribution in [0.3, 0.4) is 0 Å². The lowest BCUT2D eigenvalue weighted by Crippen LogP contribution is -2.74. The van der Waals surface area contributed by atoms with E-state index < -0.39 is 6.15 Å². The van der Waals surface area contributed by atoms with Gasteiger partial charge in [0.1, 0.15) is 6.15 Å².